The van der Waals surface area contributed by atoms with Gasteiger partial charge in [-0.1, -0.05) is 29.8 Å². The topological polar surface area (TPSA) is 52.6 Å². The van der Waals surface area contributed by atoms with E-state index in [1.807, 2.05) is 31.2 Å². The van der Waals surface area contributed by atoms with Crippen molar-refractivity contribution < 1.29 is 18.6 Å². The van der Waals surface area contributed by atoms with Crippen LogP contribution in [-0.4, -0.2) is 24.7 Å². The van der Waals surface area contributed by atoms with Gasteiger partial charge in [0, 0.05) is 36.4 Å². The van der Waals surface area contributed by atoms with E-state index in [1.54, 1.807) is 24.4 Å². The maximum absolute atomic E-state index is 13.1. The van der Waals surface area contributed by atoms with Gasteiger partial charge in [-0.25, -0.2) is 9.37 Å². The van der Waals surface area contributed by atoms with Crippen molar-refractivity contribution in [3.8, 4) is 17.4 Å². The van der Waals surface area contributed by atoms with E-state index < -0.39 is 0 Å². The quantitative estimate of drug-likeness (QED) is 0.433. The predicted molar refractivity (Wildman–Crippen MR) is 115 cm³/mol. The van der Waals surface area contributed by atoms with Crippen molar-refractivity contribution >= 4 is 11.6 Å². The number of hydrogen-bond donors (Lipinski definition) is 1. The van der Waals surface area contributed by atoms with E-state index in [4.69, 9.17) is 25.8 Å². The summed E-state index contributed by atoms with van der Waals surface area (Å²) in [7, 11) is 0. The summed E-state index contributed by atoms with van der Waals surface area (Å²) in [6, 6.07) is 15.3. The standard InChI is InChI=1S/C23H24ClFN2O3/c1-2-28-21-13-18(15-26-11-12-29-23-5-3-4-10-27-23)20(24)14-22(21)30-16-17-6-8-19(25)9-7-17/h3-10,13-14,26H,2,11-12,15-16H2,1H3. The normalized spacial score (nSPS) is 10.6. The largest absolute Gasteiger partial charge is 0.490 e. The highest BCUT2D eigenvalue weighted by Gasteiger charge is 2.12. The molecule has 0 atom stereocenters. The molecule has 1 N–H and O–H groups in total. The van der Waals surface area contributed by atoms with Gasteiger partial charge in [-0.2, -0.15) is 0 Å². The van der Waals surface area contributed by atoms with Gasteiger partial charge in [0.2, 0.25) is 5.88 Å². The van der Waals surface area contributed by atoms with Crippen LogP contribution in [0.5, 0.6) is 17.4 Å². The Balaban J connectivity index is 1.55. The highest BCUT2D eigenvalue weighted by atomic mass is 35.5. The van der Waals surface area contributed by atoms with Crippen LogP contribution >= 0.6 is 11.6 Å². The number of pyridine rings is 1. The van der Waals surface area contributed by atoms with Crippen LogP contribution in [0.4, 0.5) is 4.39 Å². The minimum atomic E-state index is -0.279. The van der Waals surface area contributed by atoms with E-state index in [1.165, 1.54) is 12.1 Å². The van der Waals surface area contributed by atoms with Crippen molar-refractivity contribution in [2.24, 2.45) is 0 Å². The zero-order valence-corrected chi connectivity index (χ0v) is 17.5. The second-order valence-corrected chi connectivity index (χ2v) is 6.84. The van der Waals surface area contributed by atoms with Gasteiger partial charge >= 0.3 is 0 Å². The highest BCUT2D eigenvalue weighted by Crippen LogP contribution is 2.34. The van der Waals surface area contributed by atoms with E-state index in [2.05, 4.69) is 10.3 Å². The van der Waals surface area contributed by atoms with Crippen LogP contribution in [0.2, 0.25) is 5.02 Å². The summed E-state index contributed by atoms with van der Waals surface area (Å²) >= 11 is 6.45. The number of halogens is 2. The van der Waals surface area contributed by atoms with Crippen molar-refractivity contribution in [3.63, 3.8) is 0 Å². The first-order valence-corrected chi connectivity index (χ1v) is 10.1. The molecule has 0 saturated carbocycles. The molecule has 0 spiro atoms. The minimum absolute atomic E-state index is 0.279. The van der Waals surface area contributed by atoms with Crippen LogP contribution < -0.4 is 19.5 Å². The number of rotatable bonds is 11. The molecule has 0 radical (unpaired) electrons. The lowest BCUT2D eigenvalue weighted by atomic mass is 10.2. The minimum Gasteiger partial charge on any atom is -0.490 e. The summed E-state index contributed by atoms with van der Waals surface area (Å²) in [4.78, 5) is 4.11. The van der Waals surface area contributed by atoms with E-state index in [-0.39, 0.29) is 5.82 Å². The van der Waals surface area contributed by atoms with Crippen molar-refractivity contribution in [1.29, 1.82) is 0 Å². The number of nitrogens with one attached hydrogen (secondary N) is 1. The number of ether oxygens (including phenoxy) is 3. The van der Waals surface area contributed by atoms with Crippen LogP contribution in [0, 0.1) is 5.82 Å². The Morgan fingerprint density at radius 1 is 1.00 bits per heavy atom. The lowest BCUT2D eigenvalue weighted by Crippen LogP contribution is -2.21. The molecule has 0 unspecified atom stereocenters. The molecule has 158 valence electrons. The average Bonchev–Trinajstić information content (AvgIpc) is 2.76. The molecule has 0 fully saturated rings. The molecular formula is C23H24ClFN2O3. The van der Waals surface area contributed by atoms with Gasteiger partial charge in [0.25, 0.3) is 0 Å². The zero-order valence-electron chi connectivity index (χ0n) is 16.7. The number of nitrogens with zero attached hydrogens (tertiary/aromatic N) is 1. The third-order valence-corrected chi connectivity index (χ3v) is 4.55. The number of benzene rings is 2. The Morgan fingerprint density at radius 2 is 1.80 bits per heavy atom. The molecule has 7 heteroatoms. The lowest BCUT2D eigenvalue weighted by Gasteiger charge is -2.15. The Bertz CT molecular complexity index is 924. The highest BCUT2D eigenvalue weighted by molar-refractivity contribution is 6.31. The van der Waals surface area contributed by atoms with Crippen LogP contribution in [0.15, 0.2) is 60.8 Å². The molecule has 0 aliphatic carbocycles. The first-order valence-electron chi connectivity index (χ1n) is 9.72. The van der Waals surface area contributed by atoms with Crippen LogP contribution in [0.25, 0.3) is 0 Å². The molecule has 1 aromatic heterocycles. The molecule has 5 nitrogen and oxygen atoms in total. The Labute approximate surface area is 180 Å². The summed E-state index contributed by atoms with van der Waals surface area (Å²) in [5.41, 5.74) is 1.75. The first kappa shape index (κ1) is 21.9. The molecular weight excluding hydrogens is 407 g/mol. The maximum atomic E-state index is 13.1. The molecule has 0 bridgehead atoms. The second kappa shape index (κ2) is 11.4. The number of hydrogen-bond acceptors (Lipinski definition) is 5. The average molecular weight is 431 g/mol. The summed E-state index contributed by atoms with van der Waals surface area (Å²) in [6.45, 7) is 4.39. The van der Waals surface area contributed by atoms with Crippen molar-refractivity contribution in [2.45, 2.75) is 20.1 Å². The fourth-order valence-corrected chi connectivity index (χ4v) is 2.94. The Morgan fingerprint density at radius 3 is 2.53 bits per heavy atom. The molecule has 0 aliphatic heterocycles. The van der Waals surface area contributed by atoms with E-state index in [9.17, 15) is 4.39 Å². The van der Waals surface area contributed by atoms with Crippen LogP contribution in [-0.2, 0) is 13.2 Å². The third kappa shape index (κ3) is 6.61. The van der Waals surface area contributed by atoms with Gasteiger partial charge in [-0.3, -0.25) is 0 Å². The van der Waals surface area contributed by atoms with Crippen molar-refractivity contribution in [2.75, 3.05) is 19.8 Å². The predicted octanol–water partition coefficient (Wildman–Crippen LogP) is 5.02. The van der Waals surface area contributed by atoms with Crippen molar-refractivity contribution in [3.05, 3.63) is 82.8 Å². The summed E-state index contributed by atoms with van der Waals surface area (Å²) in [6.07, 6.45) is 1.69. The van der Waals surface area contributed by atoms with Gasteiger partial charge in [-0.05, 0) is 42.3 Å². The van der Waals surface area contributed by atoms with Crippen LogP contribution in [0.3, 0.4) is 0 Å². The van der Waals surface area contributed by atoms with Crippen molar-refractivity contribution in [1.82, 2.24) is 10.3 Å². The fourth-order valence-electron chi connectivity index (χ4n) is 2.72. The van der Waals surface area contributed by atoms with Gasteiger partial charge < -0.3 is 19.5 Å². The SMILES string of the molecule is CCOc1cc(CNCCOc2ccccn2)c(Cl)cc1OCc1ccc(F)cc1. The fraction of sp³-hybridized carbons (Fsp3) is 0.261. The molecule has 0 saturated heterocycles. The van der Waals surface area contributed by atoms with Gasteiger partial charge in [-0.15, -0.1) is 0 Å². The summed E-state index contributed by atoms with van der Waals surface area (Å²) in [5, 5.41) is 3.87. The molecule has 3 rings (SSSR count). The zero-order chi connectivity index (χ0) is 21.2. The maximum Gasteiger partial charge on any atom is 0.213 e. The van der Waals surface area contributed by atoms with Gasteiger partial charge in [0.15, 0.2) is 11.5 Å². The summed E-state index contributed by atoms with van der Waals surface area (Å²) in [5.74, 6) is 1.48. The second-order valence-electron chi connectivity index (χ2n) is 6.43. The third-order valence-electron chi connectivity index (χ3n) is 4.20. The Hall–Kier alpha value is -2.83. The van der Waals surface area contributed by atoms with E-state index in [0.29, 0.717) is 55.3 Å². The molecule has 0 aliphatic rings. The Kier molecular flexibility index (Phi) is 8.30. The summed E-state index contributed by atoms with van der Waals surface area (Å²) < 4.78 is 30.2. The first-order chi connectivity index (χ1) is 14.7. The molecule has 2 aromatic carbocycles. The number of aromatic nitrogens is 1. The molecule has 1 heterocycles. The lowest BCUT2D eigenvalue weighted by molar-refractivity contribution is 0.269. The smallest absolute Gasteiger partial charge is 0.213 e. The monoisotopic (exact) mass is 430 g/mol. The molecule has 30 heavy (non-hydrogen) atoms. The molecule has 0 amide bonds. The van der Waals surface area contributed by atoms with E-state index >= 15 is 0 Å². The van der Waals surface area contributed by atoms with E-state index in [0.717, 1.165) is 11.1 Å². The molecule has 3 aromatic rings. The van der Waals surface area contributed by atoms with Gasteiger partial charge in [0.05, 0.1) is 6.61 Å². The van der Waals surface area contributed by atoms with Crippen LogP contribution in [0.1, 0.15) is 18.1 Å². The van der Waals surface area contributed by atoms with Gasteiger partial charge in [0.1, 0.15) is 19.0 Å².